The molecule has 0 aromatic heterocycles. The molecular weight excluding hydrogens is 324 g/mol. The molecule has 0 N–H and O–H groups in total. The van der Waals surface area contributed by atoms with E-state index in [9.17, 15) is 0 Å². The topological polar surface area (TPSA) is 0 Å². The van der Waals surface area contributed by atoms with Gasteiger partial charge in [0.05, 0.1) is 0 Å². The van der Waals surface area contributed by atoms with E-state index >= 15 is 0 Å². The fourth-order valence-electron chi connectivity index (χ4n) is 5.11. The van der Waals surface area contributed by atoms with Gasteiger partial charge in [-0.05, 0) is 86.8 Å². The van der Waals surface area contributed by atoms with E-state index in [1.165, 1.54) is 51.4 Å². The van der Waals surface area contributed by atoms with E-state index in [4.69, 9.17) is 0 Å². The van der Waals surface area contributed by atoms with Gasteiger partial charge in [-0.2, -0.15) is 0 Å². The van der Waals surface area contributed by atoms with Gasteiger partial charge in [-0.25, -0.2) is 0 Å². The highest BCUT2D eigenvalue weighted by molar-refractivity contribution is 5.41. The number of rotatable bonds is 4. The molecule has 0 amide bonds. The zero-order valence-electron chi connectivity index (χ0n) is 20.2. The van der Waals surface area contributed by atoms with E-state index in [0.29, 0.717) is 0 Å². The van der Waals surface area contributed by atoms with Crippen molar-refractivity contribution in [1.82, 2.24) is 0 Å². The predicted octanol–water partition coefficient (Wildman–Crippen LogP) is 9.53. The first-order valence-corrected chi connectivity index (χ1v) is 12.1. The van der Waals surface area contributed by atoms with E-state index in [2.05, 4.69) is 52.8 Å². The monoisotopic (exact) mass is 374 g/mol. The van der Waals surface area contributed by atoms with Gasteiger partial charge in [-0.1, -0.05) is 85.5 Å². The largest absolute Gasteiger partial charge is 0.0874 e. The van der Waals surface area contributed by atoms with Crippen molar-refractivity contribution in [2.75, 3.05) is 0 Å². The Hall–Kier alpha value is -0.780. The van der Waals surface area contributed by atoms with Gasteiger partial charge in [-0.15, -0.1) is 0 Å². The van der Waals surface area contributed by atoms with E-state index in [-0.39, 0.29) is 0 Å². The molecule has 0 heteroatoms. The fourth-order valence-corrected chi connectivity index (χ4v) is 5.11. The molecule has 0 aliphatic heterocycles. The summed E-state index contributed by atoms with van der Waals surface area (Å²) in [6.45, 7) is 19.7. The highest BCUT2D eigenvalue weighted by Gasteiger charge is 2.26. The Morgan fingerprint density at radius 2 is 1.22 bits per heavy atom. The Kier molecular flexibility index (Phi) is 14.7. The number of hydrogen-bond acceptors (Lipinski definition) is 0. The lowest BCUT2D eigenvalue weighted by Crippen LogP contribution is -2.19. The molecule has 2 aliphatic carbocycles. The van der Waals surface area contributed by atoms with E-state index in [1.54, 1.807) is 16.7 Å². The van der Waals surface area contributed by atoms with Gasteiger partial charge in [0, 0.05) is 0 Å². The summed E-state index contributed by atoms with van der Waals surface area (Å²) in [7, 11) is 0. The van der Waals surface area contributed by atoms with Gasteiger partial charge in [0.1, 0.15) is 0 Å². The SMILES string of the molecule is CC.CC.C\C=C/C(=C(C)\C(=C/C)C1CCCC(C)C1)C1CCCC(C)C1. The van der Waals surface area contributed by atoms with Crippen molar-refractivity contribution in [3.05, 3.63) is 34.9 Å². The van der Waals surface area contributed by atoms with Gasteiger partial charge in [0.2, 0.25) is 0 Å². The summed E-state index contributed by atoms with van der Waals surface area (Å²) in [5, 5.41) is 0. The normalized spacial score (nSPS) is 29.9. The lowest BCUT2D eigenvalue weighted by atomic mass is 9.72. The molecule has 4 atom stereocenters. The smallest absolute Gasteiger partial charge is 0.0157 e. The van der Waals surface area contributed by atoms with Crippen molar-refractivity contribution in [2.24, 2.45) is 23.7 Å². The minimum absolute atomic E-state index is 0.783. The third-order valence-electron chi connectivity index (χ3n) is 6.28. The first-order valence-electron chi connectivity index (χ1n) is 12.1. The summed E-state index contributed by atoms with van der Waals surface area (Å²) in [5.41, 5.74) is 4.90. The molecular formula is C27H50. The van der Waals surface area contributed by atoms with Crippen LogP contribution in [-0.2, 0) is 0 Å². The Morgan fingerprint density at radius 3 is 1.67 bits per heavy atom. The Labute approximate surface area is 172 Å². The van der Waals surface area contributed by atoms with Crippen molar-refractivity contribution in [1.29, 1.82) is 0 Å². The third-order valence-corrected chi connectivity index (χ3v) is 6.28. The molecule has 2 rings (SSSR count). The van der Waals surface area contributed by atoms with E-state index in [0.717, 1.165) is 23.7 Å². The van der Waals surface area contributed by atoms with Crippen molar-refractivity contribution in [3.8, 4) is 0 Å². The second kappa shape index (κ2) is 15.2. The van der Waals surface area contributed by atoms with Crippen LogP contribution in [-0.4, -0.2) is 0 Å². The molecule has 2 aliphatic rings. The summed E-state index contributed by atoms with van der Waals surface area (Å²) >= 11 is 0. The highest BCUT2D eigenvalue weighted by atomic mass is 14.3. The Balaban J connectivity index is 0.00000158. The van der Waals surface area contributed by atoms with Gasteiger partial charge in [0.25, 0.3) is 0 Å². The van der Waals surface area contributed by atoms with Crippen LogP contribution in [0.25, 0.3) is 0 Å². The molecule has 0 heterocycles. The lowest BCUT2D eigenvalue weighted by molar-refractivity contribution is 0.309. The summed E-state index contributed by atoms with van der Waals surface area (Å²) < 4.78 is 0. The minimum atomic E-state index is 0.783. The van der Waals surface area contributed by atoms with Crippen molar-refractivity contribution in [2.45, 2.75) is 114 Å². The number of hydrogen-bond donors (Lipinski definition) is 0. The van der Waals surface area contributed by atoms with Crippen molar-refractivity contribution in [3.63, 3.8) is 0 Å². The molecule has 0 bridgehead atoms. The zero-order valence-corrected chi connectivity index (χ0v) is 20.2. The van der Waals surface area contributed by atoms with Gasteiger partial charge in [0.15, 0.2) is 0 Å². The minimum Gasteiger partial charge on any atom is -0.0874 e. The molecule has 0 saturated heterocycles. The summed E-state index contributed by atoms with van der Waals surface area (Å²) in [6.07, 6.45) is 18.3. The average molecular weight is 375 g/mol. The van der Waals surface area contributed by atoms with Gasteiger partial charge < -0.3 is 0 Å². The first kappa shape index (κ1) is 26.2. The molecule has 0 aromatic carbocycles. The zero-order chi connectivity index (χ0) is 20.8. The first-order chi connectivity index (χ1) is 13.1. The van der Waals surface area contributed by atoms with Crippen LogP contribution in [0.1, 0.15) is 114 Å². The maximum absolute atomic E-state index is 2.44. The van der Waals surface area contributed by atoms with Crippen LogP contribution in [0.15, 0.2) is 34.9 Å². The summed E-state index contributed by atoms with van der Waals surface area (Å²) in [6, 6.07) is 0. The molecule has 2 fully saturated rings. The van der Waals surface area contributed by atoms with E-state index < -0.39 is 0 Å². The second-order valence-corrected chi connectivity index (χ2v) is 8.26. The third kappa shape index (κ3) is 8.41. The van der Waals surface area contributed by atoms with Crippen LogP contribution in [0.3, 0.4) is 0 Å². The van der Waals surface area contributed by atoms with Gasteiger partial charge in [-0.3, -0.25) is 0 Å². The van der Waals surface area contributed by atoms with Crippen LogP contribution in [0.4, 0.5) is 0 Å². The Morgan fingerprint density at radius 1 is 0.741 bits per heavy atom. The van der Waals surface area contributed by atoms with Crippen LogP contribution < -0.4 is 0 Å². The standard InChI is InChI=1S/C23H38.2C2H6/c1-6-10-23(21-14-9-12-18(4)16-21)19(5)22(7-2)20-13-8-11-17(3)15-20;2*1-2/h6-7,10,17-18,20-21H,8-9,11-16H2,1-5H3;2*1-2H3/b10-6-,22-7+,23-19+;;. The molecule has 0 nitrogen and oxygen atoms in total. The van der Waals surface area contributed by atoms with Crippen LogP contribution in [0.2, 0.25) is 0 Å². The molecule has 2 saturated carbocycles. The van der Waals surface area contributed by atoms with Crippen molar-refractivity contribution < 1.29 is 0 Å². The van der Waals surface area contributed by atoms with Crippen LogP contribution >= 0.6 is 0 Å². The van der Waals surface area contributed by atoms with Crippen LogP contribution in [0, 0.1) is 23.7 Å². The molecule has 4 unspecified atom stereocenters. The average Bonchev–Trinajstić information content (AvgIpc) is 2.70. The van der Waals surface area contributed by atoms with Gasteiger partial charge >= 0.3 is 0 Å². The second-order valence-electron chi connectivity index (χ2n) is 8.26. The molecule has 27 heavy (non-hydrogen) atoms. The number of allylic oxidation sites excluding steroid dienone is 6. The molecule has 0 aromatic rings. The summed E-state index contributed by atoms with van der Waals surface area (Å²) in [4.78, 5) is 0. The molecule has 158 valence electrons. The lowest BCUT2D eigenvalue weighted by Gasteiger charge is -2.33. The quantitative estimate of drug-likeness (QED) is 0.430. The molecule has 0 radical (unpaired) electrons. The maximum Gasteiger partial charge on any atom is -0.0157 e. The fraction of sp³-hybridized carbons (Fsp3) is 0.778. The highest BCUT2D eigenvalue weighted by Crippen LogP contribution is 2.41. The van der Waals surface area contributed by atoms with Crippen molar-refractivity contribution >= 4 is 0 Å². The summed E-state index contributed by atoms with van der Waals surface area (Å²) in [5.74, 6) is 3.37. The maximum atomic E-state index is 2.44. The predicted molar refractivity (Wildman–Crippen MR) is 126 cm³/mol. The van der Waals surface area contributed by atoms with E-state index in [1.807, 2.05) is 27.7 Å². The molecule has 0 spiro atoms. The Bertz CT molecular complexity index is 462. The van der Waals surface area contributed by atoms with Crippen LogP contribution in [0.5, 0.6) is 0 Å².